The van der Waals surface area contributed by atoms with Crippen molar-refractivity contribution in [2.75, 3.05) is 13.7 Å². The van der Waals surface area contributed by atoms with Crippen molar-refractivity contribution in [2.24, 2.45) is 5.84 Å². The van der Waals surface area contributed by atoms with Crippen molar-refractivity contribution in [1.29, 1.82) is 0 Å². The van der Waals surface area contributed by atoms with E-state index in [1.807, 2.05) is 22.9 Å². The first-order valence-electron chi connectivity index (χ1n) is 6.82. The summed E-state index contributed by atoms with van der Waals surface area (Å²) in [7, 11) is 1.68. The summed E-state index contributed by atoms with van der Waals surface area (Å²) in [6.45, 7) is 1.30. The van der Waals surface area contributed by atoms with Gasteiger partial charge in [-0.2, -0.15) is 5.10 Å². The zero-order valence-electron chi connectivity index (χ0n) is 12.0. The number of pyridine rings is 1. The Bertz CT molecular complexity index is 546. The van der Waals surface area contributed by atoms with Gasteiger partial charge in [0.2, 0.25) is 0 Å². The number of hydrogen-bond acceptors (Lipinski definition) is 5. The van der Waals surface area contributed by atoms with E-state index in [0.717, 1.165) is 28.7 Å². The van der Waals surface area contributed by atoms with Gasteiger partial charge in [0.15, 0.2) is 0 Å². The molecule has 0 bridgehead atoms. The highest BCUT2D eigenvalue weighted by Crippen LogP contribution is 2.26. The standard InChI is InChI=1S/C14H20BrN5O/c1-21-9-8-20-14(12(15)10-18-20)13(19-16)6-5-11-4-2-3-7-17-11/h2-4,7,10,13,19H,5-6,8-9,16H2,1H3. The van der Waals surface area contributed by atoms with Gasteiger partial charge in [0, 0.05) is 19.0 Å². The third kappa shape index (κ3) is 4.34. The zero-order valence-corrected chi connectivity index (χ0v) is 13.6. The predicted octanol–water partition coefficient (Wildman–Crippen LogP) is 1.82. The molecule has 0 fully saturated rings. The number of nitrogens with two attached hydrogens (primary N) is 1. The number of aromatic nitrogens is 3. The van der Waals surface area contributed by atoms with Crippen LogP contribution in [0.4, 0.5) is 0 Å². The van der Waals surface area contributed by atoms with Crippen LogP contribution in [0.15, 0.2) is 35.1 Å². The molecule has 0 radical (unpaired) electrons. The Morgan fingerprint density at radius 1 is 1.48 bits per heavy atom. The summed E-state index contributed by atoms with van der Waals surface area (Å²) in [5, 5.41) is 4.36. The molecule has 2 rings (SSSR count). The second kappa shape index (κ2) is 8.23. The minimum atomic E-state index is 0.000683. The number of rotatable bonds is 8. The maximum Gasteiger partial charge on any atom is 0.0710 e. The summed E-state index contributed by atoms with van der Waals surface area (Å²) < 4.78 is 7.97. The number of hydrogen-bond donors (Lipinski definition) is 2. The van der Waals surface area contributed by atoms with Crippen molar-refractivity contribution in [3.8, 4) is 0 Å². The highest BCUT2D eigenvalue weighted by Gasteiger charge is 2.19. The molecule has 0 aliphatic carbocycles. The Labute approximate surface area is 132 Å². The lowest BCUT2D eigenvalue weighted by atomic mass is 10.1. The van der Waals surface area contributed by atoms with E-state index >= 15 is 0 Å². The van der Waals surface area contributed by atoms with Gasteiger partial charge in [-0.15, -0.1) is 0 Å². The van der Waals surface area contributed by atoms with Gasteiger partial charge in [0.1, 0.15) is 0 Å². The summed E-state index contributed by atoms with van der Waals surface area (Å²) in [6, 6.07) is 5.93. The molecule has 114 valence electrons. The van der Waals surface area contributed by atoms with Crippen LogP contribution in [-0.4, -0.2) is 28.5 Å². The first kappa shape index (κ1) is 16.1. The van der Waals surface area contributed by atoms with Crippen molar-refractivity contribution in [3.05, 3.63) is 46.5 Å². The molecule has 0 aliphatic heterocycles. The molecule has 0 aliphatic rings. The van der Waals surface area contributed by atoms with Crippen molar-refractivity contribution >= 4 is 15.9 Å². The maximum absolute atomic E-state index is 5.73. The van der Waals surface area contributed by atoms with E-state index in [2.05, 4.69) is 31.4 Å². The van der Waals surface area contributed by atoms with Gasteiger partial charge in [-0.05, 0) is 40.9 Å². The molecule has 2 heterocycles. The normalized spacial score (nSPS) is 12.5. The van der Waals surface area contributed by atoms with Crippen LogP contribution in [0.25, 0.3) is 0 Å². The van der Waals surface area contributed by atoms with Crippen molar-refractivity contribution in [3.63, 3.8) is 0 Å². The molecule has 3 N–H and O–H groups in total. The molecule has 1 unspecified atom stereocenters. The molecular formula is C14H20BrN5O. The van der Waals surface area contributed by atoms with Gasteiger partial charge in [-0.1, -0.05) is 6.07 Å². The largest absolute Gasteiger partial charge is 0.383 e. The summed E-state index contributed by atoms with van der Waals surface area (Å²) in [4.78, 5) is 4.34. The highest BCUT2D eigenvalue weighted by atomic mass is 79.9. The number of nitrogens with one attached hydrogen (secondary N) is 1. The molecule has 0 saturated carbocycles. The topological polar surface area (TPSA) is 78.0 Å². The quantitative estimate of drug-likeness (QED) is 0.559. The Balaban J connectivity index is 2.08. The highest BCUT2D eigenvalue weighted by molar-refractivity contribution is 9.10. The average molecular weight is 354 g/mol. The van der Waals surface area contributed by atoms with E-state index in [0.29, 0.717) is 13.2 Å². The number of ether oxygens (including phenoxy) is 1. The van der Waals surface area contributed by atoms with Crippen LogP contribution in [0.1, 0.15) is 23.9 Å². The second-order valence-corrected chi connectivity index (χ2v) is 5.53. The van der Waals surface area contributed by atoms with E-state index in [9.17, 15) is 0 Å². The van der Waals surface area contributed by atoms with E-state index in [-0.39, 0.29) is 6.04 Å². The lowest BCUT2D eigenvalue weighted by Gasteiger charge is -2.18. The van der Waals surface area contributed by atoms with Gasteiger partial charge in [0.05, 0.1) is 35.6 Å². The zero-order chi connectivity index (χ0) is 15.1. The summed E-state index contributed by atoms with van der Waals surface area (Å²) >= 11 is 3.54. The van der Waals surface area contributed by atoms with Crippen molar-refractivity contribution in [2.45, 2.75) is 25.4 Å². The fourth-order valence-corrected chi connectivity index (χ4v) is 2.78. The first-order chi connectivity index (χ1) is 10.3. The van der Waals surface area contributed by atoms with E-state index in [1.54, 1.807) is 19.5 Å². The van der Waals surface area contributed by atoms with Crippen LogP contribution in [0.5, 0.6) is 0 Å². The Morgan fingerprint density at radius 2 is 2.33 bits per heavy atom. The molecule has 1 atom stereocenters. The van der Waals surface area contributed by atoms with Crippen molar-refractivity contribution < 1.29 is 4.74 Å². The van der Waals surface area contributed by atoms with Gasteiger partial charge >= 0.3 is 0 Å². The van der Waals surface area contributed by atoms with E-state index in [4.69, 9.17) is 10.6 Å². The van der Waals surface area contributed by atoms with Crippen LogP contribution in [0.3, 0.4) is 0 Å². The summed E-state index contributed by atoms with van der Waals surface area (Å²) in [5.74, 6) is 5.73. The smallest absolute Gasteiger partial charge is 0.0710 e. The van der Waals surface area contributed by atoms with Crippen molar-refractivity contribution in [1.82, 2.24) is 20.2 Å². The number of aryl methyl sites for hydroxylation is 1. The van der Waals surface area contributed by atoms with E-state index < -0.39 is 0 Å². The Morgan fingerprint density at radius 3 is 3.00 bits per heavy atom. The third-order valence-corrected chi connectivity index (χ3v) is 3.90. The molecule has 2 aromatic heterocycles. The molecule has 0 amide bonds. The lowest BCUT2D eigenvalue weighted by molar-refractivity contribution is 0.181. The van der Waals surface area contributed by atoms with Gasteiger partial charge in [-0.25, -0.2) is 0 Å². The minimum absolute atomic E-state index is 0.000683. The molecule has 2 aromatic rings. The van der Waals surface area contributed by atoms with Gasteiger partial charge in [0.25, 0.3) is 0 Å². The molecular weight excluding hydrogens is 334 g/mol. The number of halogens is 1. The molecule has 0 spiro atoms. The summed E-state index contributed by atoms with van der Waals surface area (Å²) in [6.07, 6.45) is 5.28. The second-order valence-electron chi connectivity index (χ2n) is 4.67. The number of methoxy groups -OCH3 is 1. The SMILES string of the molecule is COCCn1ncc(Br)c1C(CCc1ccccn1)NN. The monoisotopic (exact) mass is 353 g/mol. The molecule has 6 nitrogen and oxygen atoms in total. The van der Waals surface area contributed by atoms with Crippen LogP contribution < -0.4 is 11.3 Å². The number of nitrogens with zero attached hydrogens (tertiary/aromatic N) is 3. The molecule has 0 saturated heterocycles. The maximum atomic E-state index is 5.73. The minimum Gasteiger partial charge on any atom is -0.383 e. The van der Waals surface area contributed by atoms with E-state index in [1.165, 1.54) is 0 Å². The Kier molecular flexibility index (Phi) is 6.31. The summed E-state index contributed by atoms with van der Waals surface area (Å²) in [5.41, 5.74) is 4.96. The van der Waals surface area contributed by atoms with Crippen LogP contribution in [0, 0.1) is 0 Å². The fraction of sp³-hybridized carbons (Fsp3) is 0.429. The van der Waals surface area contributed by atoms with Crippen LogP contribution >= 0.6 is 15.9 Å². The predicted molar refractivity (Wildman–Crippen MR) is 84.4 cm³/mol. The molecule has 7 heteroatoms. The first-order valence-corrected chi connectivity index (χ1v) is 7.61. The number of hydrazine groups is 1. The van der Waals surface area contributed by atoms with Crippen LogP contribution in [-0.2, 0) is 17.7 Å². The average Bonchev–Trinajstić information content (AvgIpc) is 2.88. The Hall–Kier alpha value is -1.28. The molecule has 21 heavy (non-hydrogen) atoms. The third-order valence-electron chi connectivity index (χ3n) is 3.29. The van der Waals surface area contributed by atoms with Crippen LogP contribution in [0.2, 0.25) is 0 Å². The van der Waals surface area contributed by atoms with Gasteiger partial charge < -0.3 is 4.74 Å². The lowest BCUT2D eigenvalue weighted by Crippen LogP contribution is -2.31. The van der Waals surface area contributed by atoms with Gasteiger partial charge in [-0.3, -0.25) is 20.9 Å². The molecule has 0 aromatic carbocycles. The fourth-order valence-electron chi connectivity index (χ4n) is 2.21.